The van der Waals surface area contributed by atoms with Gasteiger partial charge in [0.1, 0.15) is 5.75 Å². The molecule has 1 heterocycles. The van der Waals surface area contributed by atoms with Crippen LogP contribution >= 0.6 is 0 Å². The van der Waals surface area contributed by atoms with E-state index in [-0.39, 0.29) is 11.8 Å². The highest BCUT2D eigenvalue weighted by atomic mass is 16.5. The van der Waals surface area contributed by atoms with Gasteiger partial charge in [-0.3, -0.25) is 9.59 Å². The Balaban J connectivity index is 1.59. The molecule has 0 unspecified atom stereocenters. The second-order valence-corrected chi connectivity index (χ2v) is 6.69. The Hall–Kier alpha value is -2.04. The highest BCUT2D eigenvalue weighted by molar-refractivity contribution is 5.76. The Kier molecular flexibility index (Phi) is 7.76. The van der Waals surface area contributed by atoms with Gasteiger partial charge in [0.25, 0.3) is 0 Å². The minimum absolute atomic E-state index is 0.00695. The first-order chi connectivity index (χ1) is 12.1. The molecule has 0 saturated carbocycles. The predicted molar refractivity (Wildman–Crippen MR) is 98.7 cm³/mol. The molecule has 1 aliphatic rings. The van der Waals surface area contributed by atoms with Gasteiger partial charge in [0.2, 0.25) is 11.8 Å². The molecule has 0 bridgehead atoms. The minimum atomic E-state index is -0.00695. The maximum atomic E-state index is 11.9. The average molecular weight is 346 g/mol. The average Bonchev–Trinajstić information content (AvgIpc) is 2.80. The molecule has 25 heavy (non-hydrogen) atoms. The van der Waals surface area contributed by atoms with Crippen molar-refractivity contribution in [2.24, 2.45) is 0 Å². The van der Waals surface area contributed by atoms with E-state index >= 15 is 0 Å². The van der Waals surface area contributed by atoms with Gasteiger partial charge in [-0.1, -0.05) is 18.6 Å². The minimum Gasteiger partial charge on any atom is -0.493 e. The normalized spacial score (nSPS) is 15.0. The van der Waals surface area contributed by atoms with Crippen LogP contribution in [0.2, 0.25) is 0 Å². The first kappa shape index (κ1) is 19.3. The van der Waals surface area contributed by atoms with Crippen LogP contribution in [0.15, 0.2) is 18.2 Å². The number of carbonyl (C=O) groups excluding carboxylic acids is 2. The summed E-state index contributed by atoms with van der Waals surface area (Å²) in [5, 5.41) is 2.91. The lowest BCUT2D eigenvalue weighted by Gasteiger charge is -2.20. The van der Waals surface area contributed by atoms with E-state index in [4.69, 9.17) is 4.74 Å². The molecule has 1 aromatic carbocycles. The van der Waals surface area contributed by atoms with Crippen molar-refractivity contribution in [3.63, 3.8) is 0 Å². The van der Waals surface area contributed by atoms with Crippen LogP contribution < -0.4 is 10.1 Å². The maximum Gasteiger partial charge on any atom is 0.223 e. The number of hydrogen-bond donors (Lipinski definition) is 1. The molecule has 1 fully saturated rings. The molecule has 0 atom stereocenters. The predicted octanol–water partition coefficient (Wildman–Crippen LogP) is 2.98. The fourth-order valence-corrected chi connectivity index (χ4v) is 3.00. The molecule has 2 rings (SSSR count). The summed E-state index contributed by atoms with van der Waals surface area (Å²) in [5.74, 6) is 1.09. The van der Waals surface area contributed by atoms with Crippen molar-refractivity contribution in [1.82, 2.24) is 10.2 Å². The lowest BCUT2D eigenvalue weighted by molar-refractivity contribution is -0.130. The SMILES string of the molecule is Cc1cccc(OCCC(=O)NCCCN2CCCCCC2=O)c1C. The van der Waals surface area contributed by atoms with Crippen molar-refractivity contribution >= 4 is 11.8 Å². The van der Waals surface area contributed by atoms with Crippen LogP contribution in [0.25, 0.3) is 0 Å². The summed E-state index contributed by atoms with van der Waals surface area (Å²) in [7, 11) is 0. The lowest BCUT2D eigenvalue weighted by atomic mass is 10.1. The molecule has 5 nitrogen and oxygen atoms in total. The zero-order chi connectivity index (χ0) is 18.1. The van der Waals surface area contributed by atoms with Gasteiger partial charge in [-0.25, -0.2) is 0 Å². The fraction of sp³-hybridized carbons (Fsp3) is 0.600. The van der Waals surface area contributed by atoms with Crippen molar-refractivity contribution in [3.8, 4) is 5.75 Å². The summed E-state index contributed by atoms with van der Waals surface area (Å²) >= 11 is 0. The van der Waals surface area contributed by atoms with E-state index < -0.39 is 0 Å². The van der Waals surface area contributed by atoms with E-state index in [1.54, 1.807) is 0 Å². The van der Waals surface area contributed by atoms with Gasteiger partial charge in [-0.2, -0.15) is 0 Å². The number of aryl methyl sites for hydroxylation is 1. The zero-order valence-corrected chi connectivity index (χ0v) is 15.5. The van der Waals surface area contributed by atoms with Crippen molar-refractivity contribution in [2.45, 2.75) is 52.4 Å². The van der Waals surface area contributed by atoms with Crippen molar-refractivity contribution in [1.29, 1.82) is 0 Å². The number of rotatable bonds is 8. The molecule has 1 N–H and O–H groups in total. The zero-order valence-electron chi connectivity index (χ0n) is 15.5. The van der Waals surface area contributed by atoms with Crippen molar-refractivity contribution in [3.05, 3.63) is 29.3 Å². The van der Waals surface area contributed by atoms with Gasteiger partial charge in [0.15, 0.2) is 0 Å². The van der Waals surface area contributed by atoms with E-state index in [1.165, 1.54) is 5.56 Å². The van der Waals surface area contributed by atoms with Gasteiger partial charge >= 0.3 is 0 Å². The molecule has 138 valence electrons. The Bertz CT molecular complexity index is 586. The smallest absolute Gasteiger partial charge is 0.223 e. The van der Waals surface area contributed by atoms with E-state index in [1.807, 2.05) is 36.9 Å². The third kappa shape index (κ3) is 6.40. The molecular formula is C20H30N2O3. The first-order valence-corrected chi connectivity index (χ1v) is 9.31. The molecule has 5 heteroatoms. The lowest BCUT2D eigenvalue weighted by Crippen LogP contribution is -2.34. The number of hydrogen-bond acceptors (Lipinski definition) is 3. The van der Waals surface area contributed by atoms with Crippen molar-refractivity contribution in [2.75, 3.05) is 26.2 Å². The number of amides is 2. The molecule has 2 amide bonds. The second kappa shape index (κ2) is 10.1. The number of likely N-dealkylation sites (tertiary alicyclic amines) is 1. The summed E-state index contributed by atoms with van der Waals surface area (Å²) in [6, 6.07) is 5.93. The van der Waals surface area contributed by atoms with E-state index in [0.29, 0.717) is 26.0 Å². The Morgan fingerprint density at radius 1 is 1.24 bits per heavy atom. The standard InChI is InChI=1S/C20H30N2O3/c1-16-8-6-9-18(17(16)2)25-15-11-19(23)21-12-7-14-22-13-5-3-4-10-20(22)24/h6,8-9H,3-5,7,10-15H2,1-2H3,(H,21,23). The Morgan fingerprint density at radius 2 is 2.08 bits per heavy atom. The van der Waals surface area contributed by atoms with Crippen LogP contribution in [-0.2, 0) is 9.59 Å². The van der Waals surface area contributed by atoms with Crippen LogP contribution in [0.4, 0.5) is 0 Å². The number of nitrogens with one attached hydrogen (secondary N) is 1. The third-order valence-electron chi connectivity index (χ3n) is 4.74. The highest BCUT2D eigenvalue weighted by Crippen LogP contribution is 2.20. The summed E-state index contributed by atoms with van der Waals surface area (Å²) in [4.78, 5) is 25.7. The third-order valence-corrected chi connectivity index (χ3v) is 4.74. The molecule has 0 radical (unpaired) electrons. The largest absolute Gasteiger partial charge is 0.493 e. The summed E-state index contributed by atoms with van der Waals surface area (Å²) in [6.45, 7) is 6.64. The van der Waals surface area contributed by atoms with Gasteiger partial charge < -0.3 is 15.0 Å². The van der Waals surface area contributed by atoms with E-state index in [9.17, 15) is 9.59 Å². The number of ether oxygens (including phenoxy) is 1. The van der Waals surface area contributed by atoms with Gasteiger partial charge in [0.05, 0.1) is 13.0 Å². The van der Waals surface area contributed by atoms with Crippen molar-refractivity contribution < 1.29 is 14.3 Å². The maximum absolute atomic E-state index is 11.9. The van der Waals surface area contributed by atoms with Gasteiger partial charge in [0, 0.05) is 26.1 Å². The van der Waals surface area contributed by atoms with Crippen LogP contribution in [0, 0.1) is 13.8 Å². The highest BCUT2D eigenvalue weighted by Gasteiger charge is 2.15. The summed E-state index contributed by atoms with van der Waals surface area (Å²) < 4.78 is 5.70. The molecule has 0 aromatic heterocycles. The topological polar surface area (TPSA) is 58.6 Å². The monoisotopic (exact) mass is 346 g/mol. The summed E-state index contributed by atoms with van der Waals surface area (Å²) in [5.41, 5.74) is 2.30. The van der Waals surface area contributed by atoms with Crippen LogP contribution in [0.3, 0.4) is 0 Å². The quantitative estimate of drug-likeness (QED) is 0.736. The molecule has 0 spiro atoms. The number of nitrogens with zero attached hydrogens (tertiary/aromatic N) is 1. The number of benzene rings is 1. The van der Waals surface area contributed by atoms with Crippen LogP contribution in [0.1, 0.15) is 49.7 Å². The second-order valence-electron chi connectivity index (χ2n) is 6.69. The number of carbonyl (C=O) groups is 2. The molecule has 1 saturated heterocycles. The van der Waals surface area contributed by atoms with Crippen LogP contribution in [0.5, 0.6) is 5.75 Å². The Morgan fingerprint density at radius 3 is 2.92 bits per heavy atom. The van der Waals surface area contributed by atoms with E-state index in [0.717, 1.165) is 50.1 Å². The fourth-order valence-electron chi connectivity index (χ4n) is 3.00. The molecular weight excluding hydrogens is 316 g/mol. The van der Waals surface area contributed by atoms with Gasteiger partial charge in [-0.05, 0) is 50.3 Å². The molecule has 1 aliphatic heterocycles. The van der Waals surface area contributed by atoms with E-state index in [2.05, 4.69) is 5.32 Å². The first-order valence-electron chi connectivity index (χ1n) is 9.31. The van der Waals surface area contributed by atoms with Gasteiger partial charge in [-0.15, -0.1) is 0 Å². The van der Waals surface area contributed by atoms with Crippen LogP contribution in [-0.4, -0.2) is 43.0 Å². The molecule has 0 aliphatic carbocycles. The summed E-state index contributed by atoms with van der Waals surface area (Å²) in [6.07, 6.45) is 5.05. The Labute approximate surface area is 150 Å². The molecule has 1 aromatic rings.